The fourth-order valence-electron chi connectivity index (χ4n) is 1.07. The molecule has 0 heterocycles. The molecule has 1 atom stereocenters. The van der Waals surface area contributed by atoms with Crippen LogP contribution in [-0.2, 0) is 4.74 Å². The maximum Gasteiger partial charge on any atom is 0.338 e. The summed E-state index contributed by atoms with van der Waals surface area (Å²) in [5.74, 6) is -0.806. The van der Waals surface area contributed by atoms with Crippen molar-refractivity contribution < 1.29 is 13.9 Å². The number of ether oxygens (including phenoxy) is 1. The molecule has 1 rings (SSSR count). The summed E-state index contributed by atoms with van der Waals surface area (Å²) >= 11 is 0. The molecule has 3 nitrogen and oxygen atoms in total. The number of hydrogen-bond donors (Lipinski definition) is 1. The highest BCUT2D eigenvalue weighted by Gasteiger charge is 2.11. The first-order valence-corrected chi connectivity index (χ1v) is 5.26. The molecule has 0 spiro atoms. The van der Waals surface area contributed by atoms with Crippen molar-refractivity contribution >= 4 is 11.7 Å². The zero-order valence-corrected chi connectivity index (χ0v) is 9.50. The zero-order chi connectivity index (χ0) is 12.1. The highest BCUT2D eigenvalue weighted by atomic mass is 19.1. The molecule has 4 heteroatoms. The normalized spacial score (nSPS) is 12.2. The molecular weight excluding hydrogens is 209 g/mol. The van der Waals surface area contributed by atoms with Crippen molar-refractivity contribution in [3.8, 4) is 0 Å². The number of nitrogens with two attached hydrogens (primary N) is 1. The van der Waals surface area contributed by atoms with Crippen molar-refractivity contribution in [2.45, 2.75) is 20.3 Å². The number of hydrogen-bond acceptors (Lipinski definition) is 3. The molecule has 0 fully saturated rings. The average Bonchev–Trinajstić information content (AvgIpc) is 2.29. The molecule has 88 valence electrons. The highest BCUT2D eigenvalue weighted by Crippen LogP contribution is 2.13. The lowest BCUT2D eigenvalue weighted by Crippen LogP contribution is -2.12. The summed E-state index contributed by atoms with van der Waals surface area (Å²) < 4.78 is 18.1. The van der Waals surface area contributed by atoms with Crippen molar-refractivity contribution in [3.05, 3.63) is 29.6 Å². The van der Waals surface area contributed by atoms with Gasteiger partial charge in [-0.1, -0.05) is 20.3 Å². The first-order valence-electron chi connectivity index (χ1n) is 5.26. The Labute approximate surface area is 94.4 Å². The Hall–Kier alpha value is -1.58. The molecule has 0 aliphatic rings. The van der Waals surface area contributed by atoms with Gasteiger partial charge in [-0.3, -0.25) is 0 Å². The van der Waals surface area contributed by atoms with Crippen LogP contribution >= 0.6 is 0 Å². The minimum Gasteiger partial charge on any atom is -0.462 e. The van der Waals surface area contributed by atoms with E-state index in [0.29, 0.717) is 12.5 Å². The number of benzene rings is 1. The minimum absolute atomic E-state index is 0.0264. The Bertz CT molecular complexity index is 379. The van der Waals surface area contributed by atoms with E-state index in [1.807, 2.05) is 13.8 Å². The van der Waals surface area contributed by atoms with Gasteiger partial charge >= 0.3 is 5.97 Å². The number of carbonyl (C=O) groups is 1. The fraction of sp³-hybridized carbons (Fsp3) is 0.417. The quantitative estimate of drug-likeness (QED) is 0.633. The summed E-state index contributed by atoms with van der Waals surface area (Å²) in [6.45, 7) is 4.35. The zero-order valence-electron chi connectivity index (χ0n) is 9.50. The summed E-state index contributed by atoms with van der Waals surface area (Å²) in [5, 5.41) is 0. The summed E-state index contributed by atoms with van der Waals surface area (Å²) in [6, 6.07) is 3.90. The number of rotatable bonds is 4. The predicted octanol–water partition coefficient (Wildman–Crippen LogP) is 2.61. The number of anilines is 1. The van der Waals surface area contributed by atoms with Gasteiger partial charge in [0.2, 0.25) is 0 Å². The third-order valence-electron chi connectivity index (χ3n) is 2.43. The second kappa shape index (κ2) is 5.49. The summed E-state index contributed by atoms with van der Waals surface area (Å²) in [6.07, 6.45) is 0.934. The fourth-order valence-corrected chi connectivity index (χ4v) is 1.07. The number of esters is 1. The van der Waals surface area contributed by atoms with E-state index in [9.17, 15) is 9.18 Å². The Kier molecular flexibility index (Phi) is 4.28. The monoisotopic (exact) mass is 225 g/mol. The van der Waals surface area contributed by atoms with Gasteiger partial charge in [0, 0.05) is 0 Å². The maximum absolute atomic E-state index is 13.1. The summed E-state index contributed by atoms with van der Waals surface area (Å²) in [5.41, 5.74) is 5.52. The molecule has 0 radical (unpaired) electrons. The molecule has 1 aromatic carbocycles. The van der Waals surface area contributed by atoms with Crippen LogP contribution in [0.1, 0.15) is 30.6 Å². The van der Waals surface area contributed by atoms with Crippen molar-refractivity contribution in [3.63, 3.8) is 0 Å². The molecule has 0 saturated heterocycles. The average molecular weight is 225 g/mol. The van der Waals surface area contributed by atoms with Gasteiger partial charge in [0.25, 0.3) is 0 Å². The van der Waals surface area contributed by atoms with Crippen LogP contribution < -0.4 is 5.73 Å². The van der Waals surface area contributed by atoms with Crippen LogP contribution in [0.2, 0.25) is 0 Å². The van der Waals surface area contributed by atoms with E-state index in [1.165, 1.54) is 12.1 Å². The lowest BCUT2D eigenvalue weighted by atomic mass is 10.1. The van der Waals surface area contributed by atoms with Crippen LogP contribution in [0.5, 0.6) is 0 Å². The molecule has 0 bridgehead atoms. The molecule has 0 saturated carbocycles. The SMILES string of the molecule is CCC(C)COC(=O)c1ccc(N)c(F)c1. The van der Waals surface area contributed by atoms with Gasteiger partial charge in [-0.25, -0.2) is 9.18 Å². The van der Waals surface area contributed by atoms with Gasteiger partial charge in [0.05, 0.1) is 17.9 Å². The maximum atomic E-state index is 13.1. The Morgan fingerprint density at radius 1 is 1.56 bits per heavy atom. The Balaban J connectivity index is 2.63. The van der Waals surface area contributed by atoms with E-state index in [0.717, 1.165) is 12.5 Å². The molecule has 16 heavy (non-hydrogen) atoms. The van der Waals surface area contributed by atoms with E-state index >= 15 is 0 Å². The standard InChI is InChI=1S/C12H16FNO2/c1-3-8(2)7-16-12(15)9-4-5-11(14)10(13)6-9/h4-6,8H,3,7,14H2,1-2H3. The molecule has 0 amide bonds. The highest BCUT2D eigenvalue weighted by molar-refractivity contribution is 5.89. The molecule has 2 N–H and O–H groups in total. The predicted molar refractivity (Wildman–Crippen MR) is 60.5 cm³/mol. The van der Waals surface area contributed by atoms with E-state index in [4.69, 9.17) is 10.5 Å². The van der Waals surface area contributed by atoms with E-state index in [2.05, 4.69) is 0 Å². The van der Waals surface area contributed by atoms with E-state index in [-0.39, 0.29) is 11.3 Å². The van der Waals surface area contributed by atoms with E-state index in [1.54, 1.807) is 0 Å². The Morgan fingerprint density at radius 2 is 2.25 bits per heavy atom. The Morgan fingerprint density at radius 3 is 2.81 bits per heavy atom. The first-order chi connectivity index (χ1) is 7.54. The van der Waals surface area contributed by atoms with Crippen LogP contribution in [0.25, 0.3) is 0 Å². The molecule has 1 aromatic rings. The molecule has 0 aliphatic heterocycles. The lowest BCUT2D eigenvalue weighted by molar-refractivity contribution is 0.0446. The van der Waals surface area contributed by atoms with Crippen LogP contribution in [0.15, 0.2) is 18.2 Å². The number of nitrogen functional groups attached to an aromatic ring is 1. The van der Waals surface area contributed by atoms with Gasteiger partial charge in [-0.2, -0.15) is 0 Å². The van der Waals surface area contributed by atoms with E-state index < -0.39 is 11.8 Å². The first kappa shape index (κ1) is 12.5. The largest absolute Gasteiger partial charge is 0.462 e. The third-order valence-corrected chi connectivity index (χ3v) is 2.43. The van der Waals surface area contributed by atoms with Gasteiger partial charge < -0.3 is 10.5 Å². The van der Waals surface area contributed by atoms with Crippen molar-refractivity contribution in [2.24, 2.45) is 5.92 Å². The van der Waals surface area contributed by atoms with Gasteiger partial charge in [0.15, 0.2) is 0 Å². The lowest BCUT2D eigenvalue weighted by Gasteiger charge is -2.09. The number of carbonyl (C=O) groups excluding carboxylic acids is 1. The molecular formula is C12H16FNO2. The second-order valence-corrected chi connectivity index (χ2v) is 3.85. The molecule has 0 aromatic heterocycles. The van der Waals surface area contributed by atoms with Crippen molar-refractivity contribution in [2.75, 3.05) is 12.3 Å². The van der Waals surface area contributed by atoms with Crippen LogP contribution in [-0.4, -0.2) is 12.6 Å². The van der Waals surface area contributed by atoms with Crippen LogP contribution in [0, 0.1) is 11.7 Å². The topological polar surface area (TPSA) is 52.3 Å². The van der Waals surface area contributed by atoms with Crippen molar-refractivity contribution in [1.82, 2.24) is 0 Å². The van der Waals surface area contributed by atoms with Crippen molar-refractivity contribution in [1.29, 1.82) is 0 Å². The smallest absolute Gasteiger partial charge is 0.338 e. The molecule has 0 aliphatic carbocycles. The summed E-state index contributed by atoms with van der Waals surface area (Å²) in [7, 11) is 0. The second-order valence-electron chi connectivity index (χ2n) is 3.85. The number of halogens is 1. The summed E-state index contributed by atoms with van der Waals surface area (Å²) in [4.78, 5) is 11.5. The van der Waals surface area contributed by atoms with Gasteiger partial charge in [0.1, 0.15) is 5.82 Å². The van der Waals surface area contributed by atoms with Crippen LogP contribution in [0.3, 0.4) is 0 Å². The van der Waals surface area contributed by atoms with Gasteiger partial charge in [-0.05, 0) is 24.1 Å². The molecule has 1 unspecified atom stereocenters. The minimum atomic E-state index is -0.599. The third kappa shape index (κ3) is 3.22. The van der Waals surface area contributed by atoms with Gasteiger partial charge in [-0.15, -0.1) is 0 Å². The van der Waals surface area contributed by atoms with Crippen LogP contribution in [0.4, 0.5) is 10.1 Å².